The number of anilines is 1. The Hall–Kier alpha value is -2.14. The Kier molecular flexibility index (Phi) is 4.01. The summed E-state index contributed by atoms with van der Waals surface area (Å²) in [6, 6.07) is 8.20. The number of hydrogen-bond donors (Lipinski definition) is 1. The first-order chi connectivity index (χ1) is 10.3. The van der Waals surface area contributed by atoms with Crippen LogP contribution in [0.15, 0.2) is 36.7 Å². The molecule has 110 valence electrons. The third-order valence-electron chi connectivity index (χ3n) is 3.88. The van der Waals surface area contributed by atoms with E-state index in [2.05, 4.69) is 14.9 Å². The Morgan fingerprint density at radius 1 is 1.14 bits per heavy atom. The first kappa shape index (κ1) is 13.8. The number of nitrogens with zero attached hydrogens (tertiary/aromatic N) is 3. The topological polar surface area (TPSA) is 64.3 Å². The number of aromatic nitrogens is 2. The standard InChI is InChI=1S/C16H20N4O/c1-21-15-5-3-2-4-14(15)12-10-18-16(19-11-12)20-8-6-13(17)7-9-20/h2-5,10-11,13H,6-9,17H2,1H3. The Labute approximate surface area is 124 Å². The van der Waals surface area contributed by atoms with E-state index < -0.39 is 0 Å². The van der Waals surface area contributed by atoms with Gasteiger partial charge >= 0.3 is 0 Å². The van der Waals surface area contributed by atoms with Crippen LogP contribution in [0.3, 0.4) is 0 Å². The second-order valence-electron chi connectivity index (χ2n) is 5.30. The van der Waals surface area contributed by atoms with Crippen LogP contribution in [0.4, 0.5) is 5.95 Å². The summed E-state index contributed by atoms with van der Waals surface area (Å²) in [6.45, 7) is 1.85. The molecular weight excluding hydrogens is 264 g/mol. The predicted octanol–water partition coefficient (Wildman–Crippen LogP) is 2.08. The van der Waals surface area contributed by atoms with Gasteiger partial charge in [0.05, 0.1) is 7.11 Å². The van der Waals surface area contributed by atoms with Crippen molar-refractivity contribution < 1.29 is 4.74 Å². The SMILES string of the molecule is COc1ccccc1-c1cnc(N2CCC(N)CC2)nc1. The maximum absolute atomic E-state index is 5.93. The van der Waals surface area contributed by atoms with Gasteiger partial charge in [0.25, 0.3) is 0 Å². The molecule has 5 heteroatoms. The summed E-state index contributed by atoms with van der Waals surface area (Å²) in [5, 5.41) is 0. The number of benzene rings is 1. The molecule has 1 aromatic carbocycles. The first-order valence-electron chi connectivity index (χ1n) is 7.24. The number of para-hydroxylation sites is 1. The molecular formula is C16H20N4O. The molecule has 1 aliphatic heterocycles. The van der Waals surface area contributed by atoms with Gasteiger partial charge in [0.1, 0.15) is 5.75 Å². The predicted molar refractivity (Wildman–Crippen MR) is 83.4 cm³/mol. The first-order valence-corrected chi connectivity index (χ1v) is 7.24. The maximum Gasteiger partial charge on any atom is 0.225 e. The lowest BCUT2D eigenvalue weighted by atomic mass is 10.1. The lowest BCUT2D eigenvalue weighted by Crippen LogP contribution is -2.40. The number of ether oxygens (including phenoxy) is 1. The van der Waals surface area contributed by atoms with Gasteiger partial charge in [-0.1, -0.05) is 18.2 Å². The zero-order chi connectivity index (χ0) is 14.7. The third-order valence-corrected chi connectivity index (χ3v) is 3.88. The normalized spacial score (nSPS) is 16.0. The molecule has 0 amide bonds. The summed E-state index contributed by atoms with van der Waals surface area (Å²) < 4.78 is 5.38. The second kappa shape index (κ2) is 6.10. The highest BCUT2D eigenvalue weighted by molar-refractivity contribution is 5.69. The summed E-state index contributed by atoms with van der Waals surface area (Å²) in [7, 11) is 1.67. The van der Waals surface area contributed by atoms with Crippen molar-refractivity contribution in [3.8, 4) is 16.9 Å². The average molecular weight is 284 g/mol. The van der Waals surface area contributed by atoms with Crippen molar-refractivity contribution in [1.29, 1.82) is 0 Å². The molecule has 2 N–H and O–H groups in total. The summed E-state index contributed by atoms with van der Waals surface area (Å²) in [4.78, 5) is 11.2. The van der Waals surface area contributed by atoms with Gasteiger partial charge in [-0.2, -0.15) is 0 Å². The van der Waals surface area contributed by atoms with Gasteiger partial charge in [-0.15, -0.1) is 0 Å². The van der Waals surface area contributed by atoms with E-state index in [0.29, 0.717) is 6.04 Å². The van der Waals surface area contributed by atoms with E-state index >= 15 is 0 Å². The van der Waals surface area contributed by atoms with Crippen LogP contribution >= 0.6 is 0 Å². The molecule has 21 heavy (non-hydrogen) atoms. The van der Waals surface area contributed by atoms with Crippen LogP contribution in [0.5, 0.6) is 5.75 Å². The minimum atomic E-state index is 0.314. The van der Waals surface area contributed by atoms with Crippen LogP contribution in [0.25, 0.3) is 11.1 Å². The van der Waals surface area contributed by atoms with Crippen molar-refractivity contribution in [3.05, 3.63) is 36.7 Å². The van der Waals surface area contributed by atoms with Gasteiger partial charge in [-0.25, -0.2) is 9.97 Å². The summed E-state index contributed by atoms with van der Waals surface area (Å²) in [5.41, 5.74) is 7.90. The number of hydrogen-bond acceptors (Lipinski definition) is 5. The minimum absolute atomic E-state index is 0.314. The molecule has 5 nitrogen and oxygen atoms in total. The van der Waals surface area contributed by atoms with Crippen LogP contribution in [-0.2, 0) is 0 Å². The molecule has 3 rings (SSSR count). The van der Waals surface area contributed by atoms with Crippen molar-refractivity contribution in [3.63, 3.8) is 0 Å². The van der Waals surface area contributed by atoms with E-state index in [1.807, 2.05) is 36.7 Å². The van der Waals surface area contributed by atoms with Gasteiger partial charge in [-0.3, -0.25) is 0 Å². The van der Waals surface area contributed by atoms with E-state index in [1.54, 1.807) is 7.11 Å². The van der Waals surface area contributed by atoms with Crippen molar-refractivity contribution in [2.45, 2.75) is 18.9 Å². The molecule has 0 unspecified atom stereocenters. The van der Waals surface area contributed by atoms with Gasteiger partial charge in [-0.05, 0) is 18.9 Å². The fourth-order valence-corrected chi connectivity index (χ4v) is 2.61. The van der Waals surface area contributed by atoms with E-state index in [9.17, 15) is 0 Å². The molecule has 2 heterocycles. The monoisotopic (exact) mass is 284 g/mol. The summed E-state index contributed by atoms with van der Waals surface area (Å²) in [6.07, 6.45) is 5.71. The zero-order valence-electron chi connectivity index (χ0n) is 12.2. The number of piperidine rings is 1. The Morgan fingerprint density at radius 2 is 1.81 bits per heavy atom. The molecule has 1 aliphatic rings. The summed E-state index contributed by atoms with van der Waals surface area (Å²) in [5.74, 6) is 1.61. The van der Waals surface area contributed by atoms with E-state index in [1.165, 1.54) is 0 Å². The molecule has 1 aromatic heterocycles. The molecule has 1 saturated heterocycles. The highest BCUT2D eigenvalue weighted by Crippen LogP contribution is 2.29. The highest BCUT2D eigenvalue weighted by Gasteiger charge is 2.18. The second-order valence-corrected chi connectivity index (χ2v) is 5.30. The third kappa shape index (κ3) is 2.97. The van der Waals surface area contributed by atoms with Gasteiger partial charge < -0.3 is 15.4 Å². The maximum atomic E-state index is 5.93. The Balaban J connectivity index is 1.81. The average Bonchev–Trinajstić information content (AvgIpc) is 2.56. The fraction of sp³-hybridized carbons (Fsp3) is 0.375. The molecule has 0 atom stereocenters. The molecule has 0 bridgehead atoms. The van der Waals surface area contributed by atoms with Crippen LogP contribution in [0, 0.1) is 0 Å². The van der Waals surface area contributed by atoms with Crippen LogP contribution in [0.1, 0.15) is 12.8 Å². The smallest absolute Gasteiger partial charge is 0.225 e. The molecule has 1 fully saturated rings. The summed E-state index contributed by atoms with van der Waals surface area (Å²) >= 11 is 0. The van der Waals surface area contributed by atoms with E-state index in [0.717, 1.165) is 48.8 Å². The molecule has 0 radical (unpaired) electrons. The number of methoxy groups -OCH3 is 1. The van der Waals surface area contributed by atoms with Crippen molar-refractivity contribution in [1.82, 2.24) is 9.97 Å². The van der Waals surface area contributed by atoms with Crippen LogP contribution in [-0.4, -0.2) is 36.2 Å². The van der Waals surface area contributed by atoms with Gasteiger partial charge in [0, 0.05) is 42.7 Å². The number of nitrogens with two attached hydrogens (primary N) is 1. The van der Waals surface area contributed by atoms with Crippen LogP contribution in [0.2, 0.25) is 0 Å². The van der Waals surface area contributed by atoms with E-state index in [-0.39, 0.29) is 0 Å². The number of rotatable bonds is 3. The highest BCUT2D eigenvalue weighted by atomic mass is 16.5. The van der Waals surface area contributed by atoms with Crippen molar-refractivity contribution in [2.75, 3.05) is 25.1 Å². The fourth-order valence-electron chi connectivity index (χ4n) is 2.61. The van der Waals surface area contributed by atoms with Crippen molar-refractivity contribution >= 4 is 5.95 Å². The lowest BCUT2D eigenvalue weighted by Gasteiger charge is -2.30. The molecule has 0 saturated carbocycles. The van der Waals surface area contributed by atoms with Crippen LogP contribution < -0.4 is 15.4 Å². The van der Waals surface area contributed by atoms with E-state index in [4.69, 9.17) is 10.5 Å². The largest absolute Gasteiger partial charge is 0.496 e. The Morgan fingerprint density at radius 3 is 2.48 bits per heavy atom. The molecule has 0 spiro atoms. The minimum Gasteiger partial charge on any atom is -0.496 e. The van der Waals surface area contributed by atoms with Crippen molar-refractivity contribution in [2.24, 2.45) is 5.73 Å². The Bertz CT molecular complexity index is 591. The molecule has 0 aliphatic carbocycles. The quantitative estimate of drug-likeness (QED) is 0.935. The van der Waals surface area contributed by atoms with Gasteiger partial charge in [0.15, 0.2) is 0 Å². The van der Waals surface area contributed by atoms with Gasteiger partial charge in [0.2, 0.25) is 5.95 Å². The zero-order valence-corrected chi connectivity index (χ0v) is 12.2. The lowest BCUT2D eigenvalue weighted by molar-refractivity contribution is 0.416. The molecule has 2 aromatic rings.